The van der Waals surface area contributed by atoms with Gasteiger partial charge in [-0.05, 0) is 56.7 Å². The van der Waals surface area contributed by atoms with E-state index in [0.717, 1.165) is 22.5 Å². The average molecular weight is 511 g/mol. The first-order valence-corrected chi connectivity index (χ1v) is 11.3. The number of methoxy groups -OCH3 is 1. The number of carbonyl (C=O) groups excluding carboxylic acids is 1. The standard InChI is InChI=1S/C26H27FN6O2.ClH/c1-5-28-26(34)21-13-22(31-32-25(21)30-17(3)18-6-9-20(27)10-7-18)19-8-11-23(24(12-19)35-4)33-14-16(2)29-15-33;/h6-15,17H,5H2,1-4H3,(H,28,34)(H,30,32);1H/t17-;/m0./s1. The maximum absolute atomic E-state index is 13.3. The number of halogens is 2. The molecule has 0 aliphatic carbocycles. The molecule has 4 aromatic rings. The summed E-state index contributed by atoms with van der Waals surface area (Å²) < 4.78 is 20.8. The number of imidazole rings is 1. The second kappa shape index (κ2) is 11.6. The van der Waals surface area contributed by atoms with Gasteiger partial charge in [-0.1, -0.05) is 18.2 Å². The topological polar surface area (TPSA) is 94.0 Å². The number of hydrogen-bond donors (Lipinski definition) is 2. The average Bonchev–Trinajstić information content (AvgIpc) is 3.30. The molecule has 8 nitrogen and oxygen atoms in total. The monoisotopic (exact) mass is 510 g/mol. The number of hydrogen-bond acceptors (Lipinski definition) is 6. The molecule has 2 heterocycles. The van der Waals surface area contributed by atoms with Crippen molar-refractivity contribution < 1.29 is 13.9 Å². The van der Waals surface area contributed by atoms with Crippen LogP contribution in [0.15, 0.2) is 61.1 Å². The molecule has 2 aromatic heterocycles. The lowest BCUT2D eigenvalue weighted by Gasteiger charge is -2.18. The number of aryl methyl sites for hydroxylation is 1. The Morgan fingerprint density at radius 2 is 1.89 bits per heavy atom. The van der Waals surface area contributed by atoms with Crippen molar-refractivity contribution in [3.8, 4) is 22.7 Å². The number of aromatic nitrogens is 4. The highest BCUT2D eigenvalue weighted by atomic mass is 35.5. The fraction of sp³-hybridized carbons (Fsp3) is 0.231. The van der Waals surface area contributed by atoms with E-state index in [1.807, 2.05) is 49.7 Å². The van der Waals surface area contributed by atoms with Crippen LogP contribution in [0.25, 0.3) is 16.9 Å². The Bertz CT molecular complexity index is 1340. The van der Waals surface area contributed by atoms with Crippen molar-refractivity contribution in [1.29, 1.82) is 0 Å². The van der Waals surface area contributed by atoms with Gasteiger partial charge in [0, 0.05) is 18.3 Å². The highest BCUT2D eigenvalue weighted by Crippen LogP contribution is 2.30. The van der Waals surface area contributed by atoms with Gasteiger partial charge in [-0.3, -0.25) is 4.79 Å². The zero-order valence-corrected chi connectivity index (χ0v) is 21.3. The van der Waals surface area contributed by atoms with Crippen molar-refractivity contribution in [2.75, 3.05) is 19.0 Å². The zero-order chi connectivity index (χ0) is 24.9. The Hall–Kier alpha value is -3.98. The normalized spacial score (nSPS) is 11.4. The van der Waals surface area contributed by atoms with E-state index in [-0.39, 0.29) is 30.2 Å². The van der Waals surface area contributed by atoms with Gasteiger partial charge in [-0.2, -0.15) is 0 Å². The molecule has 0 fully saturated rings. The second-order valence-electron chi connectivity index (χ2n) is 8.08. The number of nitrogens with zero attached hydrogens (tertiary/aromatic N) is 4. The Morgan fingerprint density at radius 1 is 1.14 bits per heavy atom. The van der Waals surface area contributed by atoms with E-state index >= 15 is 0 Å². The van der Waals surface area contributed by atoms with Crippen LogP contribution in [0.4, 0.5) is 10.2 Å². The Balaban J connectivity index is 0.00000361. The van der Waals surface area contributed by atoms with Gasteiger partial charge in [-0.15, -0.1) is 22.6 Å². The number of ether oxygens (including phenoxy) is 1. The summed E-state index contributed by atoms with van der Waals surface area (Å²) in [5.41, 5.74) is 4.22. The van der Waals surface area contributed by atoms with Crippen molar-refractivity contribution in [2.45, 2.75) is 26.8 Å². The van der Waals surface area contributed by atoms with E-state index < -0.39 is 0 Å². The summed E-state index contributed by atoms with van der Waals surface area (Å²) in [6.45, 7) is 6.15. The Morgan fingerprint density at radius 3 is 2.53 bits per heavy atom. The molecule has 188 valence electrons. The minimum Gasteiger partial charge on any atom is -0.495 e. The third kappa shape index (κ3) is 5.80. The van der Waals surface area contributed by atoms with Crippen LogP contribution in [0.2, 0.25) is 0 Å². The number of nitrogens with one attached hydrogen (secondary N) is 2. The maximum Gasteiger partial charge on any atom is 0.255 e. The van der Waals surface area contributed by atoms with Gasteiger partial charge in [-0.25, -0.2) is 9.37 Å². The predicted octanol–water partition coefficient (Wildman–Crippen LogP) is 5.13. The summed E-state index contributed by atoms with van der Waals surface area (Å²) in [5.74, 6) is 0.398. The summed E-state index contributed by atoms with van der Waals surface area (Å²) in [6, 6.07) is 13.3. The maximum atomic E-state index is 13.3. The van der Waals surface area contributed by atoms with E-state index in [9.17, 15) is 9.18 Å². The van der Waals surface area contributed by atoms with Gasteiger partial charge in [0.05, 0.1) is 42.1 Å². The summed E-state index contributed by atoms with van der Waals surface area (Å²) in [4.78, 5) is 17.1. The lowest BCUT2D eigenvalue weighted by molar-refractivity contribution is 0.0956. The summed E-state index contributed by atoms with van der Waals surface area (Å²) >= 11 is 0. The third-order valence-corrected chi connectivity index (χ3v) is 5.56. The Kier molecular flexibility index (Phi) is 8.60. The number of carbonyl (C=O) groups is 1. The second-order valence-corrected chi connectivity index (χ2v) is 8.08. The molecule has 0 saturated carbocycles. The van der Waals surface area contributed by atoms with Crippen LogP contribution < -0.4 is 15.4 Å². The quantitative estimate of drug-likeness (QED) is 0.341. The largest absolute Gasteiger partial charge is 0.495 e. The fourth-order valence-corrected chi connectivity index (χ4v) is 3.71. The lowest BCUT2D eigenvalue weighted by Crippen LogP contribution is -2.25. The molecule has 0 aliphatic heterocycles. The molecule has 1 amide bonds. The molecule has 0 saturated heterocycles. The minimum absolute atomic E-state index is 0. The van der Waals surface area contributed by atoms with Gasteiger partial charge < -0.3 is 19.9 Å². The molecule has 0 spiro atoms. The lowest BCUT2D eigenvalue weighted by atomic mass is 10.1. The SMILES string of the molecule is CCNC(=O)c1cc(-c2ccc(-n3cnc(C)c3)c(OC)c2)nnc1N[C@@H](C)c1ccc(F)cc1.Cl. The van der Waals surface area contributed by atoms with Crippen molar-refractivity contribution in [3.05, 3.63) is 83.7 Å². The highest BCUT2D eigenvalue weighted by molar-refractivity contribution is 5.99. The zero-order valence-electron chi connectivity index (χ0n) is 20.4. The van der Waals surface area contributed by atoms with Crippen molar-refractivity contribution in [2.24, 2.45) is 0 Å². The summed E-state index contributed by atoms with van der Waals surface area (Å²) in [7, 11) is 1.60. The third-order valence-electron chi connectivity index (χ3n) is 5.56. The van der Waals surface area contributed by atoms with Crippen LogP contribution in [-0.4, -0.2) is 39.3 Å². The molecule has 10 heteroatoms. The van der Waals surface area contributed by atoms with E-state index in [1.54, 1.807) is 31.6 Å². The smallest absolute Gasteiger partial charge is 0.255 e. The summed E-state index contributed by atoms with van der Waals surface area (Å²) in [6.07, 6.45) is 3.63. The van der Waals surface area contributed by atoms with Gasteiger partial charge >= 0.3 is 0 Å². The van der Waals surface area contributed by atoms with Crippen LogP contribution in [-0.2, 0) is 0 Å². The molecular weight excluding hydrogens is 483 g/mol. The first kappa shape index (κ1) is 26.6. The van der Waals surface area contributed by atoms with E-state index in [1.165, 1.54) is 12.1 Å². The van der Waals surface area contributed by atoms with Crippen molar-refractivity contribution >= 4 is 24.1 Å². The van der Waals surface area contributed by atoms with Crippen LogP contribution in [0.3, 0.4) is 0 Å². The molecule has 36 heavy (non-hydrogen) atoms. The number of anilines is 1. The van der Waals surface area contributed by atoms with E-state index in [4.69, 9.17) is 4.74 Å². The van der Waals surface area contributed by atoms with Crippen molar-refractivity contribution in [3.63, 3.8) is 0 Å². The Labute approximate surface area is 215 Å². The first-order valence-electron chi connectivity index (χ1n) is 11.3. The minimum atomic E-state index is -0.308. The van der Waals surface area contributed by atoms with Crippen LogP contribution >= 0.6 is 12.4 Å². The van der Waals surface area contributed by atoms with E-state index in [2.05, 4.69) is 25.8 Å². The van der Waals surface area contributed by atoms with Crippen LogP contribution in [0.5, 0.6) is 5.75 Å². The van der Waals surface area contributed by atoms with Gasteiger partial charge in [0.25, 0.3) is 5.91 Å². The fourth-order valence-electron chi connectivity index (χ4n) is 3.71. The molecule has 4 rings (SSSR count). The van der Waals surface area contributed by atoms with Crippen LogP contribution in [0, 0.1) is 12.7 Å². The molecule has 2 aromatic carbocycles. The molecule has 2 N–H and O–H groups in total. The predicted molar refractivity (Wildman–Crippen MR) is 140 cm³/mol. The molecular formula is C26H28ClFN6O2. The van der Waals surface area contributed by atoms with Gasteiger partial charge in [0.15, 0.2) is 5.82 Å². The number of amides is 1. The van der Waals surface area contributed by atoms with Gasteiger partial charge in [0.2, 0.25) is 0 Å². The van der Waals surface area contributed by atoms with Crippen LogP contribution in [0.1, 0.15) is 41.5 Å². The molecule has 0 aliphatic rings. The van der Waals surface area contributed by atoms with E-state index in [0.29, 0.717) is 29.4 Å². The highest BCUT2D eigenvalue weighted by Gasteiger charge is 2.18. The molecule has 0 unspecified atom stereocenters. The first-order chi connectivity index (χ1) is 16.9. The number of benzene rings is 2. The number of rotatable bonds is 8. The molecule has 0 radical (unpaired) electrons. The van der Waals surface area contributed by atoms with Gasteiger partial charge in [0.1, 0.15) is 11.6 Å². The van der Waals surface area contributed by atoms with Crippen molar-refractivity contribution in [1.82, 2.24) is 25.1 Å². The molecule has 0 bridgehead atoms. The summed E-state index contributed by atoms with van der Waals surface area (Å²) in [5, 5.41) is 14.7. The molecule has 1 atom stereocenters.